The zero-order valence-corrected chi connectivity index (χ0v) is 22.8. The molecule has 2 aliphatic rings. The molecule has 0 aliphatic heterocycles. The SMILES string of the molecule is CC(OC(=O)Nc1ccc(-c2c(C#N)c3ccc(OCCCCn4cncn4)cc3n2C2CCC2)cc1)C1CC1. The van der Waals surface area contributed by atoms with Crippen molar-refractivity contribution in [3.63, 3.8) is 0 Å². The van der Waals surface area contributed by atoms with Gasteiger partial charge < -0.3 is 14.0 Å². The van der Waals surface area contributed by atoms with Crippen molar-refractivity contribution in [3.05, 3.63) is 60.7 Å². The van der Waals surface area contributed by atoms with Crippen LogP contribution in [0.3, 0.4) is 0 Å². The predicted molar refractivity (Wildman–Crippen MR) is 152 cm³/mol. The Balaban J connectivity index is 1.21. The van der Waals surface area contributed by atoms with Crippen molar-refractivity contribution in [2.75, 3.05) is 11.9 Å². The van der Waals surface area contributed by atoms with E-state index in [0.29, 0.717) is 29.8 Å². The van der Waals surface area contributed by atoms with E-state index in [-0.39, 0.29) is 6.10 Å². The highest BCUT2D eigenvalue weighted by Crippen LogP contribution is 2.43. The maximum Gasteiger partial charge on any atom is 0.411 e. The van der Waals surface area contributed by atoms with Crippen LogP contribution in [-0.4, -0.2) is 38.1 Å². The molecule has 0 saturated heterocycles. The minimum Gasteiger partial charge on any atom is -0.494 e. The van der Waals surface area contributed by atoms with Crippen molar-refractivity contribution in [3.8, 4) is 23.1 Å². The fourth-order valence-electron chi connectivity index (χ4n) is 5.40. The first-order chi connectivity index (χ1) is 19.6. The molecule has 2 aliphatic carbocycles. The zero-order chi connectivity index (χ0) is 27.5. The molecule has 2 aromatic heterocycles. The minimum absolute atomic E-state index is 0.0656. The summed E-state index contributed by atoms with van der Waals surface area (Å²) in [5.74, 6) is 1.29. The number of nitrogens with zero attached hydrogens (tertiary/aromatic N) is 5. The molecule has 4 aromatic rings. The van der Waals surface area contributed by atoms with Crippen molar-refractivity contribution in [1.29, 1.82) is 5.26 Å². The lowest BCUT2D eigenvalue weighted by molar-refractivity contribution is 0.108. The quantitative estimate of drug-likeness (QED) is 0.213. The van der Waals surface area contributed by atoms with Crippen molar-refractivity contribution in [2.24, 2.45) is 5.92 Å². The van der Waals surface area contributed by atoms with E-state index in [1.165, 1.54) is 6.42 Å². The summed E-state index contributed by atoms with van der Waals surface area (Å²) >= 11 is 0. The first kappa shape index (κ1) is 25.9. The van der Waals surface area contributed by atoms with Crippen LogP contribution in [0, 0.1) is 17.2 Å². The number of hydrogen-bond acceptors (Lipinski definition) is 6. The Morgan fingerprint density at radius 2 is 1.98 bits per heavy atom. The number of unbranched alkanes of at least 4 members (excludes halogenated alkanes) is 1. The maximum atomic E-state index is 12.3. The van der Waals surface area contributed by atoms with Gasteiger partial charge in [-0.05, 0) is 87.6 Å². The molecule has 0 radical (unpaired) electrons. The molecular weight excluding hydrogens is 504 g/mol. The molecule has 9 heteroatoms. The number of aryl methyl sites for hydroxylation is 1. The molecular formula is C31H34N6O3. The second-order valence-corrected chi connectivity index (χ2v) is 10.8. The van der Waals surface area contributed by atoms with Crippen LogP contribution in [0.15, 0.2) is 55.1 Å². The van der Waals surface area contributed by atoms with Crippen LogP contribution in [0.1, 0.15) is 63.5 Å². The molecule has 1 N–H and O–H groups in total. The predicted octanol–water partition coefficient (Wildman–Crippen LogP) is 6.70. The van der Waals surface area contributed by atoms with E-state index in [1.807, 2.05) is 48.0 Å². The van der Waals surface area contributed by atoms with Gasteiger partial charge >= 0.3 is 6.09 Å². The van der Waals surface area contributed by atoms with E-state index < -0.39 is 6.09 Å². The number of nitrogens with one attached hydrogen (secondary N) is 1. The van der Waals surface area contributed by atoms with Gasteiger partial charge in [0.05, 0.1) is 23.4 Å². The third kappa shape index (κ3) is 5.53. The Morgan fingerprint density at radius 3 is 2.65 bits per heavy atom. The molecule has 2 fully saturated rings. The third-order valence-electron chi connectivity index (χ3n) is 8.03. The lowest BCUT2D eigenvalue weighted by atomic mass is 9.92. The van der Waals surface area contributed by atoms with Crippen LogP contribution in [0.4, 0.5) is 10.5 Å². The number of aromatic nitrogens is 4. The Kier molecular flexibility index (Phi) is 7.41. The second kappa shape index (κ2) is 11.4. The number of nitriles is 1. The summed E-state index contributed by atoms with van der Waals surface area (Å²) < 4.78 is 15.8. The number of benzene rings is 2. The molecule has 2 aromatic carbocycles. The molecule has 2 heterocycles. The van der Waals surface area contributed by atoms with Crippen LogP contribution < -0.4 is 10.1 Å². The summed E-state index contributed by atoms with van der Waals surface area (Å²) in [5.41, 5.74) is 4.22. The standard InChI is InChI=1S/C31H34N6O3/c1-21(22-7-8-22)40-31(38)35-24-11-9-23(10-12-24)30-28(18-32)27-14-13-26(17-29(27)37(30)25-5-4-6-25)39-16-3-2-15-36-20-33-19-34-36/h9-14,17,19-22,25H,2-8,15-16H2,1H3,(H,35,38). The Labute approximate surface area is 233 Å². The van der Waals surface area contributed by atoms with Crippen molar-refractivity contribution < 1.29 is 14.3 Å². The number of rotatable bonds is 11. The number of carbonyl (C=O) groups is 1. The highest BCUT2D eigenvalue weighted by molar-refractivity contribution is 5.96. The van der Waals surface area contributed by atoms with Gasteiger partial charge in [0.25, 0.3) is 0 Å². The average Bonchev–Trinajstić information content (AvgIpc) is 3.57. The first-order valence-electron chi connectivity index (χ1n) is 14.2. The van der Waals surface area contributed by atoms with Crippen LogP contribution in [0.2, 0.25) is 0 Å². The molecule has 0 bridgehead atoms. The van der Waals surface area contributed by atoms with Gasteiger partial charge in [-0.2, -0.15) is 10.4 Å². The van der Waals surface area contributed by atoms with E-state index in [0.717, 1.165) is 73.0 Å². The van der Waals surface area contributed by atoms with Crippen LogP contribution in [0.25, 0.3) is 22.2 Å². The van der Waals surface area contributed by atoms with Gasteiger partial charge in [0.15, 0.2) is 0 Å². The molecule has 9 nitrogen and oxygen atoms in total. The minimum atomic E-state index is -0.431. The molecule has 1 unspecified atom stereocenters. The van der Waals surface area contributed by atoms with Gasteiger partial charge in [-0.15, -0.1) is 0 Å². The van der Waals surface area contributed by atoms with Crippen LogP contribution >= 0.6 is 0 Å². The van der Waals surface area contributed by atoms with Gasteiger partial charge in [-0.1, -0.05) is 12.1 Å². The third-order valence-corrected chi connectivity index (χ3v) is 8.03. The highest BCUT2D eigenvalue weighted by atomic mass is 16.6. The topological polar surface area (TPSA) is 107 Å². The van der Waals surface area contributed by atoms with Crippen molar-refractivity contribution >= 4 is 22.7 Å². The Morgan fingerprint density at radius 1 is 1.15 bits per heavy atom. The van der Waals surface area contributed by atoms with E-state index >= 15 is 0 Å². The molecule has 0 spiro atoms. The fraction of sp³-hybridized carbons (Fsp3) is 0.419. The highest BCUT2D eigenvalue weighted by Gasteiger charge is 2.31. The Bertz CT molecular complexity index is 1510. The summed E-state index contributed by atoms with van der Waals surface area (Å²) in [5, 5.41) is 18.1. The van der Waals surface area contributed by atoms with Crippen molar-refractivity contribution in [2.45, 2.75) is 70.6 Å². The van der Waals surface area contributed by atoms with E-state index in [1.54, 1.807) is 12.7 Å². The second-order valence-electron chi connectivity index (χ2n) is 10.8. The normalized spacial score (nSPS) is 15.8. The van der Waals surface area contributed by atoms with Gasteiger partial charge in [0, 0.05) is 29.7 Å². The summed E-state index contributed by atoms with van der Waals surface area (Å²) in [6.07, 6.45) is 10.2. The number of anilines is 1. The van der Waals surface area contributed by atoms with Crippen LogP contribution in [-0.2, 0) is 11.3 Å². The Hall–Kier alpha value is -4.32. The molecule has 206 valence electrons. The first-order valence-corrected chi connectivity index (χ1v) is 14.2. The van der Waals surface area contributed by atoms with E-state index in [2.05, 4.69) is 32.1 Å². The fourth-order valence-corrected chi connectivity index (χ4v) is 5.40. The van der Waals surface area contributed by atoms with Crippen molar-refractivity contribution in [1.82, 2.24) is 19.3 Å². The summed E-state index contributed by atoms with van der Waals surface area (Å²) in [4.78, 5) is 16.3. The lowest BCUT2D eigenvalue weighted by Gasteiger charge is -2.30. The van der Waals surface area contributed by atoms with E-state index in [9.17, 15) is 10.1 Å². The number of hydrogen-bond donors (Lipinski definition) is 1. The van der Waals surface area contributed by atoms with E-state index in [4.69, 9.17) is 9.47 Å². The average molecular weight is 539 g/mol. The molecule has 2 saturated carbocycles. The van der Waals surface area contributed by atoms with Crippen LogP contribution in [0.5, 0.6) is 5.75 Å². The van der Waals surface area contributed by atoms with Gasteiger partial charge in [-0.3, -0.25) is 10.00 Å². The smallest absolute Gasteiger partial charge is 0.411 e. The van der Waals surface area contributed by atoms with Gasteiger partial charge in [0.2, 0.25) is 0 Å². The molecule has 1 atom stereocenters. The summed E-state index contributed by atoms with van der Waals surface area (Å²) in [6.45, 7) is 3.37. The van der Waals surface area contributed by atoms with Gasteiger partial charge in [0.1, 0.15) is 30.6 Å². The monoisotopic (exact) mass is 538 g/mol. The van der Waals surface area contributed by atoms with Gasteiger partial charge in [-0.25, -0.2) is 9.78 Å². The number of amides is 1. The molecule has 6 rings (SSSR count). The molecule has 1 amide bonds. The zero-order valence-electron chi connectivity index (χ0n) is 22.8. The summed E-state index contributed by atoms with van der Waals surface area (Å²) in [7, 11) is 0. The maximum absolute atomic E-state index is 12.3. The number of ether oxygens (including phenoxy) is 2. The number of fused-ring (bicyclic) bond motifs is 1. The lowest BCUT2D eigenvalue weighted by Crippen LogP contribution is -2.21. The summed E-state index contributed by atoms with van der Waals surface area (Å²) in [6, 6.07) is 16.5. The molecule has 40 heavy (non-hydrogen) atoms. The number of carbonyl (C=O) groups excluding carboxylic acids is 1. The largest absolute Gasteiger partial charge is 0.494 e.